The molecule has 2 N–H and O–H groups in total. The van der Waals surface area contributed by atoms with E-state index in [1.54, 1.807) is 13.3 Å². The fourth-order valence-electron chi connectivity index (χ4n) is 2.48. The second-order valence-electron chi connectivity index (χ2n) is 5.77. The fraction of sp³-hybridized carbons (Fsp3) is 0.211. The van der Waals surface area contributed by atoms with Gasteiger partial charge in [-0.1, -0.05) is 29.5 Å². The van der Waals surface area contributed by atoms with E-state index in [0.717, 1.165) is 16.9 Å². The van der Waals surface area contributed by atoms with Crippen molar-refractivity contribution in [3.05, 3.63) is 64.3 Å². The molecule has 0 bridgehead atoms. The van der Waals surface area contributed by atoms with Crippen molar-refractivity contribution in [2.45, 2.75) is 20.4 Å². The van der Waals surface area contributed by atoms with E-state index in [0.29, 0.717) is 28.1 Å². The third-order valence-electron chi connectivity index (χ3n) is 3.79. The van der Waals surface area contributed by atoms with Crippen molar-refractivity contribution in [2.24, 2.45) is 0 Å². The highest BCUT2D eigenvalue weighted by Gasteiger charge is 2.16. The van der Waals surface area contributed by atoms with Crippen LogP contribution in [-0.4, -0.2) is 23.0 Å². The van der Waals surface area contributed by atoms with E-state index in [2.05, 4.69) is 20.6 Å². The predicted molar refractivity (Wildman–Crippen MR) is 103 cm³/mol. The number of benzene rings is 1. The second kappa shape index (κ2) is 7.97. The van der Waals surface area contributed by atoms with Crippen LogP contribution < -0.4 is 15.4 Å². The minimum atomic E-state index is -0.156. The summed E-state index contributed by atoms with van der Waals surface area (Å²) in [6, 6.07) is 11.5. The minimum absolute atomic E-state index is 0.156. The van der Waals surface area contributed by atoms with Crippen LogP contribution in [0, 0.1) is 13.8 Å². The highest BCUT2D eigenvalue weighted by molar-refractivity contribution is 7.17. The maximum atomic E-state index is 12.5. The number of methoxy groups -OCH3 is 1. The van der Waals surface area contributed by atoms with Gasteiger partial charge < -0.3 is 15.4 Å². The Balaban J connectivity index is 1.69. The van der Waals surface area contributed by atoms with Crippen molar-refractivity contribution in [1.29, 1.82) is 0 Å². The molecule has 134 valence electrons. The monoisotopic (exact) mass is 368 g/mol. The molecule has 2 heterocycles. The third kappa shape index (κ3) is 4.18. The molecule has 1 amide bonds. The number of pyridine rings is 1. The summed E-state index contributed by atoms with van der Waals surface area (Å²) in [4.78, 5) is 21.8. The molecule has 0 radical (unpaired) electrons. The van der Waals surface area contributed by atoms with Gasteiger partial charge in [0, 0.05) is 18.3 Å². The smallest absolute Gasteiger partial charge is 0.263 e. The van der Waals surface area contributed by atoms with Crippen LogP contribution in [0.4, 0.5) is 10.9 Å². The maximum Gasteiger partial charge on any atom is 0.263 e. The lowest BCUT2D eigenvalue weighted by molar-refractivity contribution is 0.0954. The van der Waals surface area contributed by atoms with Crippen LogP contribution >= 0.6 is 11.3 Å². The number of hydrogen-bond acceptors (Lipinski definition) is 6. The molecule has 26 heavy (non-hydrogen) atoms. The largest absolute Gasteiger partial charge is 0.496 e. The zero-order valence-corrected chi connectivity index (χ0v) is 15.7. The number of nitrogens with zero attached hydrogens (tertiary/aromatic N) is 2. The predicted octanol–water partition coefficient (Wildman–Crippen LogP) is 3.84. The number of hydrogen-bond donors (Lipinski definition) is 2. The van der Waals surface area contributed by atoms with Gasteiger partial charge >= 0.3 is 0 Å². The van der Waals surface area contributed by atoms with Gasteiger partial charge in [0.05, 0.1) is 12.8 Å². The zero-order chi connectivity index (χ0) is 18.5. The quantitative estimate of drug-likeness (QED) is 0.691. The van der Waals surface area contributed by atoms with Gasteiger partial charge in [-0.3, -0.25) is 4.79 Å². The van der Waals surface area contributed by atoms with E-state index in [4.69, 9.17) is 4.74 Å². The Bertz CT molecular complexity index is 923. The number of nitrogens with one attached hydrogen (secondary N) is 2. The first kappa shape index (κ1) is 17.9. The molecule has 0 fully saturated rings. The number of rotatable bonds is 6. The van der Waals surface area contributed by atoms with E-state index in [-0.39, 0.29) is 5.91 Å². The second-order valence-corrected chi connectivity index (χ2v) is 6.77. The summed E-state index contributed by atoms with van der Waals surface area (Å²) in [7, 11) is 1.62. The highest BCUT2D eigenvalue weighted by atomic mass is 32.1. The summed E-state index contributed by atoms with van der Waals surface area (Å²) < 4.78 is 5.31. The molecule has 1 aromatic carbocycles. The van der Waals surface area contributed by atoms with E-state index in [9.17, 15) is 4.79 Å². The lowest BCUT2D eigenvalue weighted by atomic mass is 10.2. The lowest BCUT2D eigenvalue weighted by Gasteiger charge is -2.09. The molecule has 3 aromatic rings. The topological polar surface area (TPSA) is 76.1 Å². The van der Waals surface area contributed by atoms with Crippen molar-refractivity contribution in [3.63, 3.8) is 0 Å². The molecule has 0 aliphatic carbocycles. The van der Waals surface area contributed by atoms with Crippen molar-refractivity contribution >= 4 is 28.2 Å². The van der Waals surface area contributed by atoms with Crippen molar-refractivity contribution in [1.82, 2.24) is 15.3 Å². The average Bonchev–Trinajstić information content (AvgIpc) is 3.00. The van der Waals surface area contributed by atoms with Crippen molar-refractivity contribution < 1.29 is 9.53 Å². The number of carbonyl (C=O) groups is 1. The standard InChI is InChI=1S/C19H20N4O2S/c1-12-8-9-20-16(10-12)23-19-22-13(2)17(26-19)18(24)21-11-14-6-4-5-7-15(14)25-3/h4-10H,11H2,1-3H3,(H,21,24)(H,20,22,23). The maximum absolute atomic E-state index is 12.5. The van der Waals surface area contributed by atoms with Crippen LogP contribution in [0.5, 0.6) is 5.75 Å². The molecule has 0 aliphatic heterocycles. The molecule has 0 spiro atoms. The van der Waals surface area contributed by atoms with Crippen LogP contribution in [0.3, 0.4) is 0 Å². The molecule has 0 saturated carbocycles. The number of aryl methyl sites for hydroxylation is 2. The summed E-state index contributed by atoms with van der Waals surface area (Å²) in [5.41, 5.74) is 2.71. The highest BCUT2D eigenvalue weighted by Crippen LogP contribution is 2.25. The first-order chi connectivity index (χ1) is 12.6. The van der Waals surface area contributed by atoms with Crippen LogP contribution in [0.2, 0.25) is 0 Å². The number of anilines is 2. The molecule has 0 atom stereocenters. The minimum Gasteiger partial charge on any atom is -0.496 e. The first-order valence-electron chi connectivity index (χ1n) is 8.14. The molecule has 2 aromatic heterocycles. The van der Waals surface area contributed by atoms with Gasteiger partial charge in [-0.05, 0) is 37.6 Å². The summed E-state index contributed by atoms with van der Waals surface area (Å²) >= 11 is 1.31. The molecular formula is C19H20N4O2S. The third-order valence-corrected chi connectivity index (χ3v) is 4.86. The summed E-state index contributed by atoms with van der Waals surface area (Å²) in [6.07, 6.45) is 1.74. The van der Waals surface area contributed by atoms with E-state index < -0.39 is 0 Å². The van der Waals surface area contributed by atoms with Crippen LogP contribution in [0.25, 0.3) is 0 Å². The Kier molecular flexibility index (Phi) is 5.48. The number of ether oxygens (including phenoxy) is 1. The van der Waals surface area contributed by atoms with Gasteiger partial charge in [-0.2, -0.15) is 0 Å². The van der Waals surface area contributed by atoms with E-state index >= 15 is 0 Å². The lowest BCUT2D eigenvalue weighted by Crippen LogP contribution is -2.22. The number of para-hydroxylation sites is 1. The van der Waals surface area contributed by atoms with E-state index in [1.165, 1.54) is 11.3 Å². The normalized spacial score (nSPS) is 10.4. The van der Waals surface area contributed by atoms with Gasteiger partial charge in [0.1, 0.15) is 16.4 Å². The van der Waals surface area contributed by atoms with Crippen molar-refractivity contribution in [2.75, 3.05) is 12.4 Å². The first-order valence-corrected chi connectivity index (χ1v) is 8.95. The number of thiazole rings is 1. The Morgan fingerprint density at radius 1 is 1.23 bits per heavy atom. The zero-order valence-electron chi connectivity index (χ0n) is 14.9. The molecular weight excluding hydrogens is 348 g/mol. The summed E-state index contributed by atoms with van der Waals surface area (Å²) in [5, 5.41) is 6.72. The summed E-state index contributed by atoms with van der Waals surface area (Å²) in [6.45, 7) is 4.21. The number of carbonyl (C=O) groups excluding carboxylic acids is 1. The Labute approximate surface area is 156 Å². The Hall–Kier alpha value is -2.93. The SMILES string of the molecule is COc1ccccc1CNC(=O)c1sc(Nc2cc(C)ccn2)nc1C. The van der Waals surface area contributed by atoms with E-state index in [1.807, 2.05) is 50.2 Å². The van der Waals surface area contributed by atoms with Crippen LogP contribution in [-0.2, 0) is 6.54 Å². The molecule has 0 saturated heterocycles. The molecule has 0 aliphatic rings. The number of amides is 1. The van der Waals surface area contributed by atoms with Gasteiger partial charge in [-0.25, -0.2) is 9.97 Å². The van der Waals surface area contributed by atoms with Gasteiger partial charge in [-0.15, -0.1) is 0 Å². The van der Waals surface area contributed by atoms with Gasteiger partial charge in [0.2, 0.25) is 0 Å². The van der Waals surface area contributed by atoms with Crippen LogP contribution in [0.15, 0.2) is 42.6 Å². The molecule has 3 rings (SSSR count). The Morgan fingerprint density at radius 3 is 2.81 bits per heavy atom. The van der Waals surface area contributed by atoms with Crippen molar-refractivity contribution in [3.8, 4) is 5.75 Å². The Morgan fingerprint density at radius 2 is 2.04 bits per heavy atom. The summed E-state index contributed by atoms with van der Waals surface area (Å²) in [5.74, 6) is 1.30. The van der Waals surface area contributed by atoms with Crippen LogP contribution in [0.1, 0.15) is 26.5 Å². The molecule has 7 heteroatoms. The van der Waals surface area contributed by atoms with Gasteiger partial charge in [0.15, 0.2) is 5.13 Å². The molecule has 0 unspecified atom stereocenters. The average molecular weight is 368 g/mol. The number of aromatic nitrogens is 2. The molecule has 6 nitrogen and oxygen atoms in total. The fourth-order valence-corrected chi connectivity index (χ4v) is 3.37. The van der Waals surface area contributed by atoms with Gasteiger partial charge in [0.25, 0.3) is 5.91 Å².